The van der Waals surface area contributed by atoms with E-state index in [-0.39, 0.29) is 17.3 Å². The van der Waals surface area contributed by atoms with Gasteiger partial charge in [0.2, 0.25) is 0 Å². The summed E-state index contributed by atoms with van der Waals surface area (Å²) in [5.41, 5.74) is 2.86. The van der Waals surface area contributed by atoms with E-state index in [1.807, 2.05) is 6.07 Å². The molecule has 106 valence electrons. The second-order valence-electron chi connectivity index (χ2n) is 3.93. The van der Waals surface area contributed by atoms with Crippen LogP contribution in [0, 0.1) is 21.4 Å². The molecule has 0 atom stereocenters. The number of aromatic nitrogens is 1. The number of nitriles is 1. The van der Waals surface area contributed by atoms with E-state index in [0.717, 1.165) is 0 Å². The van der Waals surface area contributed by atoms with Crippen LogP contribution in [0.3, 0.4) is 0 Å². The van der Waals surface area contributed by atoms with Gasteiger partial charge in [-0.3, -0.25) is 10.1 Å². The molecule has 0 saturated heterocycles. The number of nitrogens with two attached hydrogens (primary N) is 1. The standard InChI is InChI=1S/C12H9ClN6O2/c13-9-2-1-7(6-14)3-10(9)16-11-4-8(19(20)21)5-12(17-11)18-15/h1-5H,15H2,(H2,16,17,18). The fourth-order valence-electron chi connectivity index (χ4n) is 1.59. The number of hydrogen-bond donors (Lipinski definition) is 3. The van der Waals surface area contributed by atoms with E-state index in [2.05, 4.69) is 15.7 Å². The number of nitrogens with zero attached hydrogens (tertiary/aromatic N) is 3. The Kier molecular flexibility index (Phi) is 4.18. The van der Waals surface area contributed by atoms with Gasteiger partial charge in [0.15, 0.2) is 0 Å². The summed E-state index contributed by atoms with van der Waals surface area (Å²) < 4.78 is 0. The highest BCUT2D eigenvalue weighted by atomic mass is 35.5. The molecule has 8 nitrogen and oxygen atoms in total. The zero-order chi connectivity index (χ0) is 15.4. The van der Waals surface area contributed by atoms with Gasteiger partial charge >= 0.3 is 0 Å². The monoisotopic (exact) mass is 304 g/mol. The first kappa shape index (κ1) is 14.5. The lowest BCUT2D eigenvalue weighted by molar-refractivity contribution is -0.384. The molecule has 0 radical (unpaired) electrons. The van der Waals surface area contributed by atoms with Gasteiger partial charge in [0, 0.05) is 0 Å². The van der Waals surface area contributed by atoms with E-state index in [1.54, 1.807) is 12.1 Å². The molecule has 0 amide bonds. The minimum Gasteiger partial charge on any atom is -0.339 e. The quantitative estimate of drug-likeness (QED) is 0.449. The van der Waals surface area contributed by atoms with Crippen LogP contribution in [0.2, 0.25) is 5.02 Å². The average Bonchev–Trinajstić information content (AvgIpc) is 2.49. The Morgan fingerprint density at radius 3 is 2.67 bits per heavy atom. The molecule has 0 saturated carbocycles. The third-order valence-electron chi connectivity index (χ3n) is 2.53. The number of nitrogen functional groups attached to an aromatic ring is 1. The van der Waals surface area contributed by atoms with E-state index in [1.165, 1.54) is 18.2 Å². The number of pyridine rings is 1. The van der Waals surface area contributed by atoms with Crippen molar-refractivity contribution in [2.24, 2.45) is 5.84 Å². The Balaban J connectivity index is 2.41. The van der Waals surface area contributed by atoms with Crippen molar-refractivity contribution in [3.8, 4) is 6.07 Å². The summed E-state index contributed by atoms with van der Waals surface area (Å²) in [6.45, 7) is 0. The van der Waals surface area contributed by atoms with Crippen molar-refractivity contribution in [3.63, 3.8) is 0 Å². The van der Waals surface area contributed by atoms with Crippen molar-refractivity contribution < 1.29 is 4.92 Å². The van der Waals surface area contributed by atoms with Gasteiger partial charge in [-0.2, -0.15) is 5.26 Å². The van der Waals surface area contributed by atoms with Crippen LogP contribution >= 0.6 is 11.6 Å². The van der Waals surface area contributed by atoms with Crippen molar-refractivity contribution in [2.75, 3.05) is 10.7 Å². The average molecular weight is 305 g/mol. The minimum atomic E-state index is -0.568. The molecular weight excluding hydrogens is 296 g/mol. The Hall–Kier alpha value is -2.89. The first-order valence-corrected chi connectivity index (χ1v) is 6.01. The lowest BCUT2D eigenvalue weighted by Crippen LogP contribution is -2.10. The minimum absolute atomic E-state index is 0.124. The van der Waals surface area contributed by atoms with Crippen molar-refractivity contribution in [2.45, 2.75) is 0 Å². The molecule has 0 bridgehead atoms. The third kappa shape index (κ3) is 3.36. The molecule has 9 heteroatoms. The molecule has 1 heterocycles. The fourth-order valence-corrected chi connectivity index (χ4v) is 1.75. The Labute approximate surface area is 124 Å². The van der Waals surface area contributed by atoms with Crippen LogP contribution in [0.25, 0.3) is 0 Å². The molecule has 4 N–H and O–H groups in total. The third-order valence-corrected chi connectivity index (χ3v) is 2.86. The van der Waals surface area contributed by atoms with Gasteiger partial charge in [0.25, 0.3) is 5.69 Å². The van der Waals surface area contributed by atoms with Gasteiger partial charge in [-0.15, -0.1) is 0 Å². The zero-order valence-corrected chi connectivity index (χ0v) is 11.3. The number of hydrazine groups is 1. The van der Waals surface area contributed by atoms with Gasteiger partial charge in [-0.1, -0.05) is 11.6 Å². The number of anilines is 3. The first-order valence-electron chi connectivity index (χ1n) is 5.63. The largest absolute Gasteiger partial charge is 0.339 e. The molecule has 2 rings (SSSR count). The SMILES string of the molecule is N#Cc1ccc(Cl)c(Nc2cc([N+](=O)[O-])cc(NN)n2)c1. The lowest BCUT2D eigenvalue weighted by Gasteiger charge is -2.09. The topological polar surface area (TPSA) is 130 Å². The summed E-state index contributed by atoms with van der Waals surface area (Å²) >= 11 is 6.01. The van der Waals surface area contributed by atoms with Crippen molar-refractivity contribution in [1.82, 2.24) is 4.98 Å². The second kappa shape index (κ2) is 6.04. The molecule has 0 spiro atoms. The summed E-state index contributed by atoms with van der Waals surface area (Å²) in [5, 5.41) is 22.9. The lowest BCUT2D eigenvalue weighted by atomic mass is 10.2. The van der Waals surface area contributed by atoms with Crippen molar-refractivity contribution >= 4 is 34.6 Å². The maximum Gasteiger partial charge on any atom is 0.276 e. The predicted octanol–water partition coefficient (Wildman–Crippen LogP) is 2.54. The molecule has 2 aromatic rings. The fraction of sp³-hybridized carbons (Fsp3) is 0. The van der Waals surface area contributed by atoms with Crippen LogP contribution in [-0.2, 0) is 0 Å². The number of halogens is 1. The molecule has 1 aromatic heterocycles. The van der Waals surface area contributed by atoms with Crippen LogP contribution < -0.4 is 16.6 Å². The maximum absolute atomic E-state index is 10.9. The summed E-state index contributed by atoms with van der Waals surface area (Å²) in [5.74, 6) is 5.52. The molecule has 0 aliphatic carbocycles. The Morgan fingerprint density at radius 2 is 2.05 bits per heavy atom. The van der Waals surface area contributed by atoms with Crippen LogP contribution in [0.15, 0.2) is 30.3 Å². The molecule has 1 aromatic carbocycles. The smallest absolute Gasteiger partial charge is 0.276 e. The van der Waals surface area contributed by atoms with Crippen molar-refractivity contribution in [3.05, 3.63) is 51.0 Å². The van der Waals surface area contributed by atoms with E-state index in [4.69, 9.17) is 22.7 Å². The van der Waals surface area contributed by atoms with Gasteiger partial charge in [0.05, 0.1) is 39.4 Å². The summed E-state index contributed by atoms with van der Waals surface area (Å²) in [4.78, 5) is 14.3. The second-order valence-corrected chi connectivity index (χ2v) is 4.34. The van der Waals surface area contributed by atoms with Crippen molar-refractivity contribution in [1.29, 1.82) is 5.26 Å². The maximum atomic E-state index is 10.9. The van der Waals surface area contributed by atoms with Gasteiger partial charge in [0.1, 0.15) is 11.6 Å². The van der Waals surface area contributed by atoms with E-state index < -0.39 is 4.92 Å². The van der Waals surface area contributed by atoms with Crippen LogP contribution in [-0.4, -0.2) is 9.91 Å². The zero-order valence-electron chi connectivity index (χ0n) is 10.5. The van der Waals surface area contributed by atoms with Crippen LogP contribution in [0.5, 0.6) is 0 Å². The summed E-state index contributed by atoms with van der Waals surface area (Å²) in [7, 11) is 0. The Bertz CT molecular complexity index is 743. The molecule has 0 aliphatic heterocycles. The number of benzene rings is 1. The summed E-state index contributed by atoms with van der Waals surface area (Å²) in [6.07, 6.45) is 0. The highest BCUT2D eigenvalue weighted by Crippen LogP contribution is 2.28. The molecule has 0 unspecified atom stereocenters. The van der Waals surface area contributed by atoms with Crippen LogP contribution in [0.1, 0.15) is 5.56 Å². The number of nitro groups is 1. The van der Waals surface area contributed by atoms with E-state index >= 15 is 0 Å². The number of nitrogens with one attached hydrogen (secondary N) is 2. The van der Waals surface area contributed by atoms with Crippen LogP contribution in [0.4, 0.5) is 23.0 Å². The van der Waals surface area contributed by atoms with Gasteiger partial charge < -0.3 is 10.7 Å². The predicted molar refractivity (Wildman–Crippen MR) is 78.2 cm³/mol. The number of hydrogen-bond acceptors (Lipinski definition) is 7. The van der Waals surface area contributed by atoms with E-state index in [9.17, 15) is 10.1 Å². The van der Waals surface area contributed by atoms with Gasteiger partial charge in [-0.25, -0.2) is 10.8 Å². The highest BCUT2D eigenvalue weighted by molar-refractivity contribution is 6.33. The number of rotatable bonds is 4. The highest BCUT2D eigenvalue weighted by Gasteiger charge is 2.12. The molecule has 0 fully saturated rings. The molecule has 21 heavy (non-hydrogen) atoms. The molecular formula is C12H9ClN6O2. The Morgan fingerprint density at radius 1 is 1.33 bits per heavy atom. The normalized spacial score (nSPS) is 9.76. The van der Waals surface area contributed by atoms with Gasteiger partial charge in [-0.05, 0) is 18.2 Å². The first-order chi connectivity index (χ1) is 10.0. The molecule has 0 aliphatic rings. The van der Waals surface area contributed by atoms with E-state index in [0.29, 0.717) is 16.3 Å². The summed E-state index contributed by atoms with van der Waals surface area (Å²) in [6, 6.07) is 9.01.